The molecule has 1 amide bonds. The van der Waals surface area contributed by atoms with Crippen LogP contribution in [0, 0.1) is 0 Å². The Hall–Kier alpha value is -4.17. The van der Waals surface area contributed by atoms with Crippen molar-refractivity contribution < 1.29 is 17.9 Å². The van der Waals surface area contributed by atoms with E-state index in [4.69, 9.17) is 4.74 Å². The quantitative estimate of drug-likeness (QED) is 0.438. The van der Waals surface area contributed by atoms with E-state index in [1.165, 1.54) is 31.4 Å². The van der Waals surface area contributed by atoms with Gasteiger partial charge in [0.2, 0.25) is 0 Å². The van der Waals surface area contributed by atoms with Crippen molar-refractivity contribution in [1.29, 1.82) is 0 Å². The minimum atomic E-state index is -3.81. The Morgan fingerprint density at radius 1 is 0.882 bits per heavy atom. The van der Waals surface area contributed by atoms with E-state index in [2.05, 4.69) is 9.71 Å². The predicted octanol–water partition coefficient (Wildman–Crippen LogP) is 4.09. The highest BCUT2D eigenvalue weighted by molar-refractivity contribution is 7.92. The van der Waals surface area contributed by atoms with Gasteiger partial charge in [0, 0.05) is 24.0 Å². The van der Waals surface area contributed by atoms with Crippen LogP contribution in [0.15, 0.2) is 113 Å². The van der Waals surface area contributed by atoms with Gasteiger partial charge in [-0.1, -0.05) is 36.4 Å². The number of pyridine rings is 1. The molecule has 0 aliphatic rings. The van der Waals surface area contributed by atoms with E-state index in [1.54, 1.807) is 30.3 Å². The summed E-state index contributed by atoms with van der Waals surface area (Å²) in [4.78, 5) is 17.1. The van der Waals surface area contributed by atoms with Crippen LogP contribution in [0.4, 0.5) is 5.69 Å². The number of aromatic nitrogens is 1. The number of carbonyl (C=O) groups is 1. The summed E-state index contributed by atoms with van der Waals surface area (Å²) in [6.07, 6.45) is 1.86. The molecular formula is C26H23N3O4S. The first-order valence-electron chi connectivity index (χ1n) is 10.5. The van der Waals surface area contributed by atoms with Gasteiger partial charge in [0.25, 0.3) is 15.9 Å². The lowest BCUT2D eigenvalue weighted by Crippen LogP contribution is -2.22. The maximum atomic E-state index is 12.8. The zero-order chi connectivity index (χ0) is 24.0. The van der Waals surface area contributed by atoms with Crippen molar-refractivity contribution >= 4 is 21.6 Å². The van der Waals surface area contributed by atoms with Crippen LogP contribution in [0.5, 0.6) is 5.75 Å². The molecule has 1 aromatic heterocycles. The number of benzene rings is 3. The van der Waals surface area contributed by atoms with Crippen LogP contribution in [0.1, 0.15) is 15.9 Å². The van der Waals surface area contributed by atoms with E-state index in [-0.39, 0.29) is 4.90 Å². The Kier molecular flexibility index (Phi) is 6.89. The molecule has 0 unspecified atom stereocenters. The van der Waals surface area contributed by atoms with Crippen molar-refractivity contribution in [1.82, 2.24) is 4.57 Å². The molecule has 0 saturated carbocycles. The standard InChI is InChI=1S/C26H23N3O4S/c1-33-23-14-12-22(13-15-23)28-34(31,32)24-16-10-21(11-17-24)26(30)27-25-9-5-6-18-29(25)19-20-7-3-2-4-8-20/h2-18,28H,19H2,1H3. The largest absolute Gasteiger partial charge is 0.497 e. The lowest BCUT2D eigenvalue weighted by atomic mass is 10.2. The van der Waals surface area contributed by atoms with Gasteiger partial charge < -0.3 is 9.30 Å². The van der Waals surface area contributed by atoms with Crippen molar-refractivity contribution in [2.75, 3.05) is 11.8 Å². The Labute approximate surface area is 198 Å². The second-order valence-corrected chi connectivity index (χ2v) is 9.13. The molecule has 0 saturated heterocycles. The minimum absolute atomic E-state index is 0.0405. The van der Waals surface area contributed by atoms with Gasteiger partial charge in [0.1, 0.15) is 11.2 Å². The normalized spacial score (nSPS) is 11.7. The Morgan fingerprint density at radius 2 is 1.56 bits per heavy atom. The molecule has 1 heterocycles. The molecule has 1 N–H and O–H groups in total. The average Bonchev–Trinajstić information content (AvgIpc) is 2.86. The molecule has 3 aromatic carbocycles. The van der Waals surface area contributed by atoms with Gasteiger partial charge in [-0.3, -0.25) is 9.52 Å². The third-order valence-electron chi connectivity index (χ3n) is 5.08. The molecule has 0 radical (unpaired) electrons. The fourth-order valence-electron chi connectivity index (χ4n) is 3.30. The number of amides is 1. The van der Waals surface area contributed by atoms with E-state index >= 15 is 0 Å². The number of hydrogen-bond acceptors (Lipinski definition) is 4. The molecule has 0 fully saturated rings. The second kappa shape index (κ2) is 10.2. The molecule has 0 atom stereocenters. The molecule has 172 valence electrons. The summed E-state index contributed by atoms with van der Waals surface area (Å²) in [5, 5.41) is 0. The van der Waals surface area contributed by atoms with E-state index < -0.39 is 15.9 Å². The van der Waals surface area contributed by atoms with Gasteiger partial charge in [0.15, 0.2) is 0 Å². The topological polar surface area (TPSA) is 89.8 Å². The van der Waals surface area contributed by atoms with Crippen LogP contribution in [0.3, 0.4) is 0 Å². The SMILES string of the molecule is COc1ccc(NS(=O)(=O)c2ccc(C(=O)N=c3ccccn3Cc3ccccc3)cc2)cc1. The monoisotopic (exact) mass is 473 g/mol. The first kappa shape index (κ1) is 23.0. The number of carbonyl (C=O) groups excluding carboxylic acids is 1. The van der Waals surface area contributed by atoms with Crippen LogP contribution < -0.4 is 14.9 Å². The van der Waals surface area contributed by atoms with Crippen molar-refractivity contribution in [3.63, 3.8) is 0 Å². The van der Waals surface area contributed by atoms with E-state index in [0.29, 0.717) is 29.0 Å². The molecule has 0 aliphatic carbocycles. The lowest BCUT2D eigenvalue weighted by molar-refractivity contribution is 0.0997. The first-order chi connectivity index (χ1) is 16.4. The minimum Gasteiger partial charge on any atom is -0.497 e. The predicted molar refractivity (Wildman–Crippen MR) is 130 cm³/mol. The van der Waals surface area contributed by atoms with Crippen LogP contribution in [0.25, 0.3) is 0 Å². The van der Waals surface area contributed by atoms with Gasteiger partial charge in [-0.15, -0.1) is 0 Å². The van der Waals surface area contributed by atoms with Crippen LogP contribution >= 0.6 is 0 Å². The number of nitrogens with zero attached hydrogens (tertiary/aromatic N) is 2. The highest BCUT2D eigenvalue weighted by Gasteiger charge is 2.15. The zero-order valence-electron chi connectivity index (χ0n) is 18.5. The summed E-state index contributed by atoms with van der Waals surface area (Å²) < 4.78 is 34.9. The van der Waals surface area contributed by atoms with Crippen molar-refractivity contribution in [3.05, 3.63) is 120 Å². The van der Waals surface area contributed by atoms with Crippen LogP contribution in [-0.2, 0) is 16.6 Å². The number of anilines is 1. The molecule has 0 bridgehead atoms. The summed E-state index contributed by atoms with van der Waals surface area (Å²) in [5.74, 6) is 0.165. The lowest BCUT2D eigenvalue weighted by Gasteiger charge is -2.09. The fraction of sp³-hybridized carbons (Fsp3) is 0.0769. The Morgan fingerprint density at radius 3 is 2.24 bits per heavy atom. The molecule has 0 aliphatic heterocycles. The highest BCUT2D eigenvalue weighted by atomic mass is 32.2. The number of methoxy groups -OCH3 is 1. The molecule has 34 heavy (non-hydrogen) atoms. The summed E-state index contributed by atoms with van der Waals surface area (Å²) in [6, 6.07) is 27.6. The average molecular weight is 474 g/mol. The smallest absolute Gasteiger partial charge is 0.278 e. The van der Waals surface area contributed by atoms with E-state index in [9.17, 15) is 13.2 Å². The molecule has 8 heteroatoms. The molecular weight excluding hydrogens is 450 g/mol. The highest BCUT2D eigenvalue weighted by Crippen LogP contribution is 2.19. The van der Waals surface area contributed by atoms with Crippen molar-refractivity contribution in [3.8, 4) is 5.75 Å². The maximum absolute atomic E-state index is 12.8. The van der Waals surface area contributed by atoms with Crippen LogP contribution in [0.2, 0.25) is 0 Å². The van der Waals surface area contributed by atoms with E-state index in [1.807, 2.05) is 53.2 Å². The molecule has 4 aromatic rings. The Bertz CT molecular complexity index is 1440. The first-order valence-corrected chi connectivity index (χ1v) is 12.0. The summed E-state index contributed by atoms with van der Waals surface area (Å²) >= 11 is 0. The number of nitrogens with one attached hydrogen (secondary N) is 1. The van der Waals surface area contributed by atoms with Gasteiger partial charge in [0.05, 0.1) is 12.0 Å². The van der Waals surface area contributed by atoms with E-state index in [0.717, 1.165) is 5.56 Å². The number of ether oxygens (including phenoxy) is 1. The van der Waals surface area contributed by atoms with Gasteiger partial charge in [-0.05, 0) is 66.2 Å². The van der Waals surface area contributed by atoms with Gasteiger partial charge >= 0.3 is 0 Å². The number of sulfonamides is 1. The second-order valence-electron chi connectivity index (χ2n) is 7.45. The molecule has 7 nitrogen and oxygen atoms in total. The molecule has 0 spiro atoms. The maximum Gasteiger partial charge on any atom is 0.278 e. The third-order valence-corrected chi connectivity index (χ3v) is 6.48. The summed E-state index contributed by atoms with van der Waals surface area (Å²) in [7, 11) is -2.28. The van der Waals surface area contributed by atoms with Crippen LogP contribution in [-0.4, -0.2) is 26.0 Å². The molecule has 4 rings (SSSR count). The Balaban J connectivity index is 1.53. The summed E-state index contributed by atoms with van der Waals surface area (Å²) in [5.41, 5.74) is 2.29. The van der Waals surface area contributed by atoms with Crippen molar-refractivity contribution in [2.45, 2.75) is 11.4 Å². The van der Waals surface area contributed by atoms with Crippen molar-refractivity contribution in [2.24, 2.45) is 4.99 Å². The fourth-order valence-corrected chi connectivity index (χ4v) is 4.36. The summed E-state index contributed by atoms with van der Waals surface area (Å²) in [6.45, 7) is 0.571. The van der Waals surface area contributed by atoms with Gasteiger partial charge in [-0.25, -0.2) is 8.42 Å². The van der Waals surface area contributed by atoms with Gasteiger partial charge in [-0.2, -0.15) is 4.99 Å². The number of rotatable bonds is 7. The third kappa shape index (κ3) is 5.60. The zero-order valence-corrected chi connectivity index (χ0v) is 19.3. The number of hydrogen-bond donors (Lipinski definition) is 1.